The topological polar surface area (TPSA) is 153 Å². The Morgan fingerprint density at radius 2 is 1.96 bits per heavy atom. The van der Waals surface area contributed by atoms with E-state index in [1.165, 1.54) is 0 Å². The molecule has 0 aromatic heterocycles. The third-order valence-corrected chi connectivity index (χ3v) is 10.3. The number of epoxide rings is 1. The lowest BCUT2D eigenvalue weighted by Gasteiger charge is -2.34. The summed E-state index contributed by atoms with van der Waals surface area (Å²) < 4.78 is 17.6. The Morgan fingerprint density at radius 3 is 2.65 bits per heavy atom. The van der Waals surface area contributed by atoms with Crippen LogP contribution in [0.5, 0.6) is 0 Å². The summed E-state index contributed by atoms with van der Waals surface area (Å²) in [5.74, 6) is -0.942. The molecule has 49 heavy (non-hydrogen) atoms. The predicted molar refractivity (Wildman–Crippen MR) is 189 cm³/mol. The van der Waals surface area contributed by atoms with Crippen molar-refractivity contribution in [1.29, 1.82) is 0 Å². The number of ether oxygens (including phenoxy) is 3. The zero-order valence-corrected chi connectivity index (χ0v) is 30.9. The Morgan fingerprint density at radius 1 is 1.22 bits per heavy atom. The molecule has 2 fully saturated rings. The van der Waals surface area contributed by atoms with Gasteiger partial charge in [0.1, 0.15) is 11.7 Å². The fourth-order valence-corrected chi connectivity index (χ4v) is 6.74. The van der Waals surface area contributed by atoms with Gasteiger partial charge in [0.25, 0.3) is 0 Å². The van der Waals surface area contributed by atoms with E-state index in [0.29, 0.717) is 31.5 Å². The van der Waals surface area contributed by atoms with E-state index in [9.17, 15) is 30.0 Å². The molecule has 4 N–H and O–H groups in total. The van der Waals surface area contributed by atoms with E-state index < -0.39 is 47.7 Å². The molecule has 2 saturated heterocycles. The maximum atomic E-state index is 13.4. The molecule has 3 heterocycles. The quantitative estimate of drug-likeness (QED) is 0.0995. The highest BCUT2D eigenvalue weighted by Gasteiger charge is 2.47. The van der Waals surface area contributed by atoms with Gasteiger partial charge >= 0.3 is 12.1 Å². The summed E-state index contributed by atoms with van der Waals surface area (Å²) in [6.07, 6.45) is 8.88. The van der Waals surface area contributed by atoms with Crippen molar-refractivity contribution in [2.75, 3.05) is 32.7 Å². The highest BCUT2D eigenvalue weighted by Crippen LogP contribution is 2.37. The number of carbonyl (C=O) groups is 2. The zero-order chi connectivity index (χ0) is 36.4. The number of aliphatic hydroxyl groups is 4. The van der Waals surface area contributed by atoms with E-state index in [2.05, 4.69) is 11.8 Å². The minimum absolute atomic E-state index is 0.0109. The van der Waals surface area contributed by atoms with Crippen LogP contribution in [0.2, 0.25) is 0 Å². The number of nitrogens with zero attached hydrogens (tertiary/aromatic N) is 2. The van der Waals surface area contributed by atoms with Crippen molar-refractivity contribution in [1.82, 2.24) is 9.80 Å². The van der Waals surface area contributed by atoms with Gasteiger partial charge in [0, 0.05) is 37.9 Å². The normalized spacial score (nSPS) is 34.1. The van der Waals surface area contributed by atoms with Crippen LogP contribution in [0, 0.1) is 11.8 Å². The SMILES string of the molecule is CCCCN1CCCN(C(=O)OC2/C=C/C(C)C(/C(C)=C/C=C/C(C)(O)CC3OC3C(C)C(O)CC)OC(=O)CC(O)CCC2(C)O)CC1. The van der Waals surface area contributed by atoms with Gasteiger partial charge in [-0.15, -0.1) is 0 Å². The average molecular weight is 693 g/mol. The first kappa shape index (κ1) is 41.1. The Balaban J connectivity index is 1.73. The van der Waals surface area contributed by atoms with Crippen molar-refractivity contribution in [3.63, 3.8) is 0 Å². The van der Waals surface area contributed by atoms with E-state index in [1.807, 2.05) is 27.7 Å². The number of hydrogen-bond acceptors (Lipinski definition) is 10. The zero-order valence-electron chi connectivity index (χ0n) is 30.9. The fourth-order valence-electron chi connectivity index (χ4n) is 6.74. The standard InChI is InChI=1S/C38H64N2O9/c1-8-10-19-39-20-12-21-40(23-22-39)36(44)48-32-15-14-27(4)34(49-33(43)24-29(41)16-18-38(32,7)46)26(3)13-11-17-37(6,45)25-31-35(47-31)28(5)30(42)9-2/h11,13-15,17,27-32,34-35,41-42,45-46H,8-10,12,16,18-25H2,1-7H3/b15-14+,17-11+,26-13+. The Labute approximate surface area is 294 Å². The van der Waals surface area contributed by atoms with Crippen molar-refractivity contribution in [2.24, 2.45) is 11.8 Å². The second-order valence-electron chi connectivity index (χ2n) is 15.1. The molecule has 10 unspecified atom stereocenters. The summed E-state index contributed by atoms with van der Waals surface area (Å²) in [5, 5.41) is 43.3. The lowest BCUT2D eigenvalue weighted by molar-refractivity contribution is -0.151. The minimum Gasteiger partial charge on any atom is -0.457 e. The lowest BCUT2D eigenvalue weighted by Crippen LogP contribution is -2.45. The van der Waals surface area contributed by atoms with Crippen LogP contribution in [-0.2, 0) is 19.0 Å². The molecule has 3 rings (SSSR count). The van der Waals surface area contributed by atoms with Crippen LogP contribution in [-0.4, -0.2) is 123 Å². The number of cyclic esters (lactones) is 1. The van der Waals surface area contributed by atoms with Gasteiger partial charge in [-0.05, 0) is 77.6 Å². The molecule has 11 nitrogen and oxygen atoms in total. The second-order valence-corrected chi connectivity index (χ2v) is 15.1. The Hall–Kier alpha value is -2.28. The van der Waals surface area contributed by atoms with Crippen molar-refractivity contribution in [2.45, 2.75) is 148 Å². The largest absolute Gasteiger partial charge is 0.457 e. The molecule has 3 aliphatic heterocycles. The number of esters is 1. The Kier molecular flexibility index (Phi) is 15.8. The molecule has 0 aromatic rings. The fraction of sp³-hybridized carbons (Fsp3) is 0.789. The number of unbranched alkanes of at least 4 members (excludes halogenated alkanes) is 1. The highest BCUT2D eigenvalue weighted by atomic mass is 16.6. The Bertz CT molecular complexity index is 1150. The van der Waals surface area contributed by atoms with Crippen molar-refractivity contribution in [3.8, 4) is 0 Å². The van der Waals surface area contributed by atoms with Crippen LogP contribution in [0.1, 0.15) is 99.8 Å². The second kappa shape index (κ2) is 18.8. The molecule has 11 heteroatoms. The molecule has 0 saturated carbocycles. The molecule has 280 valence electrons. The summed E-state index contributed by atoms with van der Waals surface area (Å²) >= 11 is 0. The molecule has 0 aromatic carbocycles. The molecule has 0 aliphatic carbocycles. The van der Waals surface area contributed by atoms with E-state index >= 15 is 0 Å². The summed E-state index contributed by atoms with van der Waals surface area (Å²) in [6, 6.07) is 0. The van der Waals surface area contributed by atoms with Crippen molar-refractivity contribution in [3.05, 3.63) is 36.0 Å². The minimum atomic E-state index is -1.49. The van der Waals surface area contributed by atoms with Crippen molar-refractivity contribution >= 4 is 12.1 Å². The molecular weight excluding hydrogens is 628 g/mol. The molecule has 0 radical (unpaired) electrons. The predicted octanol–water partition coefficient (Wildman–Crippen LogP) is 4.52. The van der Waals surface area contributed by atoms with Gasteiger partial charge in [-0.2, -0.15) is 0 Å². The van der Waals surface area contributed by atoms with Gasteiger partial charge in [-0.25, -0.2) is 4.79 Å². The summed E-state index contributed by atoms with van der Waals surface area (Å²) in [7, 11) is 0. The molecule has 1 amide bonds. The smallest absolute Gasteiger partial charge is 0.410 e. The molecule has 10 atom stereocenters. The molecule has 0 bridgehead atoms. The van der Waals surface area contributed by atoms with Crippen LogP contribution >= 0.6 is 0 Å². The third-order valence-electron chi connectivity index (χ3n) is 10.3. The summed E-state index contributed by atoms with van der Waals surface area (Å²) in [6.45, 7) is 16.9. The van der Waals surface area contributed by atoms with E-state index in [0.717, 1.165) is 38.9 Å². The van der Waals surface area contributed by atoms with E-state index in [-0.39, 0.29) is 43.3 Å². The maximum absolute atomic E-state index is 13.4. The lowest BCUT2D eigenvalue weighted by atomic mass is 9.88. The first-order valence-electron chi connectivity index (χ1n) is 18.4. The van der Waals surface area contributed by atoms with Crippen LogP contribution in [0.3, 0.4) is 0 Å². The third kappa shape index (κ3) is 13.1. The number of allylic oxidation sites excluding steroid dienone is 2. The summed E-state index contributed by atoms with van der Waals surface area (Å²) in [4.78, 5) is 30.3. The van der Waals surface area contributed by atoms with Gasteiger partial charge in [-0.3, -0.25) is 4.79 Å². The van der Waals surface area contributed by atoms with E-state index in [1.54, 1.807) is 49.1 Å². The summed E-state index contributed by atoms with van der Waals surface area (Å²) in [5.41, 5.74) is -1.93. The van der Waals surface area contributed by atoms with Gasteiger partial charge < -0.3 is 44.4 Å². The first-order chi connectivity index (χ1) is 23.1. The molecular formula is C38H64N2O9. The van der Waals surface area contributed by atoms with E-state index in [4.69, 9.17) is 14.2 Å². The number of carbonyl (C=O) groups excluding carboxylic acids is 2. The van der Waals surface area contributed by atoms with Gasteiger partial charge in [-0.1, -0.05) is 58.4 Å². The number of amides is 1. The monoisotopic (exact) mass is 692 g/mol. The van der Waals surface area contributed by atoms with Crippen LogP contribution < -0.4 is 0 Å². The average Bonchev–Trinajstić information content (AvgIpc) is 3.84. The van der Waals surface area contributed by atoms with Crippen molar-refractivity contribution < 1.29 is 44.2 Å². The molecule has 0 spiro atoms. The van der Waals surface area contributed by atoms with Gasteiger partial charge in [0.15, 0.2) is 6.10 Å². The maximum Gasteiger partial charge on any atom is 0.410 e. The van der Waals surface area contributed by atoms with Gasteiger partial charge in [0.05, 0.1) is 36.4 Å². The van der Waals surface area contributed by atoms with Crippen LogP contribution in [0.4, 0.5) is 4.79 Å². The number of aliphatic hydroxyl groups excluding tert-OH is 2. The van der Waals surface area contributed by atoms with Crippen LogP contribution in [0.15, 0.2) is 36.0 Å². The molecule has 3 aliphatic rings. The first-order valence-corrected chi connectivity index (χ1v) is 18.4. The van der Waals surface area contributed by atoms with Crippen LogP contribution in [0.25, 0.3) is 0 Å². The number of hydrogen-bond donors (Lipinski definition) is 4. The number of rotatable bonds is 12. The van der Waals surface area contributed by atoms with Gasteiger partial charge in [0.2, 0.25) is 0 Å². The highest BCUT2D eigenvalue weighted by molar-refractivity contribution is 5.70.